The number of pyridine rings is 1. The second kappa shape index (κ2) is 10.1. The summed E-state index contributed by atoms with van der Waals surface area (Å²) in [6, 6.07) is 8.03. The number of guanidine groups is 1. The van der Waals surface area contributed by atoms with Crippen molar-refractivity contribution in [1.82, 2.24) is 29.4 Å². The molecule has 0 amide bonds. The van der Waals surface area contributed by atoms with Gasteiger partial charge in [0, 0.05) is 56.2 Å². The van der Waals surface area contributed by atoms with E-state index in [0.29, 0.717) is 6.54 Å². The molecule has 27 heavy (non-hydrogen) atoms. The maximum absolute atomic E-state index is 4.76. The van der Waals surface area contributed by atoms with Crippen molar-refractivity contribution >= 4 is 51.5 Å². The van der Waals surface area contributed by atoms with Gasteiger partial charge in [0.1, 0.15) is 5.82 Å². The van der Waals surface area contributed by atoms with Gasteiger partial charge in [0.15, 0.2) is 11.6 Å². The Hall–Kier alpha value is -1.62. The molecule has 0 aliphatic rings. The number of aryl methyl sites for hydroxylation is 1. The van der Waals surface area contributed by atoms with Crippen LogP contribution in [0.15, 0.2) is 46.1 Å². The number of nitrogens with zero attached hydrogens (tertiary/aromatic N) is 6. The number of hydrogen-bond acceptors (Lipinski definition) is 3. The highest BCUT2D eigenvalue weighted by molar-refractivity contribution is 14.0. The third-order valence-corrected chi connectivity index (χ3v) is 4.59. The first-order valence-electron chi connectivity index (χ1n) is 8.67. The predicted molar refractivity (Wildman–Crippen MR) is 123 cm³/mol. The van der Waals surface area contributed by atoms with E-state index in [-0.39, 0.29) is 24.0 Å². The largest absolute Gasteiger partial charge is 0.357 e. The molecule has 0 aromatic carbocycles. The molecule has 3 heterocycles. The molecule has 0 atom stereocenters. The Morgan fingerprint density at radius 3 is 2.85 bits per heavy atom. The topological polar surface area (TPSA) is 62.8 Å². The van der Waals surface area contributed by atoms with Crippen LogP contribution in [0, 0.1) is 0 Å². The summed E-state index contributed by atoms with van der Waals surface area (Å²) in [5.74, 6) is 1.81. The maximum atomic E-state index is 4.76. The summed E-state index contributed by atoms with van der Waals surface area (Å²) in [5.41, 5.74) is 2.08. The molecule has 1 N–H and O–H groups in total. The standard InChI is InChI=1S/C18H24BrN7.HI/c1-4-20-18(25(3)13-15-11-14(19)12-24(15)2)21-9-8-17-23-22-16-7-5-6-10-26(16)17;/h5-7,10-12H,4,8-9,13H2,1-3H3,(H,20,21);1H. The van der Waals surface area contributed by atoms with Crippen molar-refractivity contribution in [3.8, 4) is 0 Å². The quantitative estimate of drug-likeness (QED) is 0.294. The van der Waals surface area contributed by atoms with Crippen LogP contribution in [0.4, 0.5) is 0 Å². The lowest BCUT2D eigenvalue weighted by Gasteiger charge is -2.22. The highest BCUT2D eigenvalue weighted by Gasteiger charge is 2.10. The predicted octanol–water partition coefficient (Wildman–Crippen LogP) is 3.09. The number of nitrogens with one attached hydrogen (secondary N) is 1. The van der Waals surface area contributed by atoms with E-state index in [1.807, 2.05) is 28.8 Å². The average Bonchev–Trinajstić information content (AvgIpc) is 3.17. The van der Waals surface area contributed by atoms with Crippen molar-refractivity contribution in [2.75, 3.05) is 20.1 Å². The lowest BCUT2D eigenvalue weighted by Crippen LogP contribution is -2.39. The van der Waals surface area contributed by atoms with Crippen LogP contribution in [0.2, 0.25) is 0 Å². The third kappa shape index (κ3) is 5.44. The second-order valence-electron chi connectivity index (χ2n) is 6.15. The van der Waals surface area contributed by atoms with Crippen LogP contribution in [0.1, 0.15) is 18.4 Å². The van der Waals surface area contributed by atoms with E-state index in [4.69, 9.17) is 4.99 Å². The molecule has 0 aliphatic carbocycles. The highest BCUT2D eigenvalue weighted by atomic mass is 127. The molecule has 146 valence electrons. The fraction of sp³-hybridized carbons (Fsp3) is 0.389. The maximum Gasteiger partial charge on any atom is 0.194 e. The van der Waals surface area contributed by atoms with Crippen molar-refractivity contribution in [2.24, 2.45) is 12.0 Å². The summed E-state index contributed by atoms with van der Waals surface area (Å²) < 4.78 is 5.21. The molecule has 3 aromatic rings. The Balaban J connectivity index is 0.00000261. The van der Waals surface area contributed by atoms with E-state index in [1.54, 1.807) is 0 Å². The fourth-order valence-corrected chi connectivity index (χ4v) is 3.41. The van der Waals surface area contributed by atoms with Gasteiger partial charge in [-0.3, -0.25) is 9.39 Å². The highest BCUT2D eigenvalue weighted by Crippen LogP contribution is 2.15. The van der Waals surface area contributed by atoms with Gasteiger partial charge >= 0.3 is 0 Å². The molecule has 0 aliphatic heterocycles. The van der Waals surface area contributed by atoms with Gasteiger partial charge in [-0.2, -0.15) is 0 Å². The number of halogens is 2. The van der Waals surface area contributed by atoms with Crippen LogP contribution in [-0.4, -0.2) is 50.2 Å². The molecule has 0 saturated carbocycles. The smallest absolute Gasteiger partial charge is 0.194 e. The zero-order chi connectivity index (χ0) is 18.5. The molecule has 0 unspecified atom stereocenters. The number of fused-ring (bicyclic) bond motifs is 1. The van der Waals surface area contributed by atoms with Crippen molar-refractivity contribution in [3.05, 3.63) is 52.7 Å². The van der Waals surface area contributed by atoms with Crippen LogP contribution in [0.5, 0.6) is 0 Å². The van der Waals surface area contributed by atoms with Gasteiger partial charge in [-0.1, -0.05) is 6.07 Å². The lowest BCUT2D eigenvalue weighted by atomic mass is 10.4. The Kier molecular flexibility index (Phi) is 8.08. The van der Waals surface area contributed by atoms with Crippen LogP contribution in [0.25, 0.3) is 5.65 Å². The van der Waals surface area contributed by atoms with Crippen LogP contribution >= 0.6 is 39.9 Å². The summed E-state index contributed by atoms with van der Waals surface area (Å²) in [5, 5.41) is 11.8. The normalized spacial score (nSPS) is 11.5. The Morgan fingerprint density at radius 2 is 2.15 bits per heavy atom. The van der Waals surface area contributed by atoms with Gasteiger partial charge in [0.05, 0.1) is 6.54 Å². The van der Waals surface area contributed by atoms with E-state index < -0.39 is 0 Å². The molecular formula is C18H25BrIN7. The molecule has 3 rings (SSSR count). The van der Waals surface area contributed by atoms with E-state index in [1.165, 1.54) is 5.69 Å². The van der Waals surface area contributed by atoms with Crippen LogP contribution < -0.4 is 5.32 Å². The molecule has 9 heteroatoms. The molecule has 0 spiro atoms. The minimum absolute atomic E-state index is 0. The van der Waals surface area contributed by atoms with Crippen LogP contribution in [-0.2, 0) is 20.0 Å². The third-order valence-electron chi connectivity index (χ3n) is 4.15. The molecule has 0 bridgehead atoms. The number of hydrogen-bond donors (Lipinski definition) is 1. The van der Waals surface area contributed by atoms with Crippen molar-refractivity contribution in [3.63, 3.8) is 0 Å². The van der Waals surface area contributed by atoms with Gasteiger partial charge < -0.3 is 14.8 Å². The van der Waals surface area contributed by atoms with Gasteiger partial charge in [-0.05, 0) is 41.1 Å². The number of rotatable bonds is 6. The summed E-state index contributed by atoms with van der Waals surface area (Å²) in [7, 11) is 4.10. The summed E-state index contributed by atoms with van der Waals surface area (Å²) in [6.07, 6.45) is 4.78. The Bertz CT molecular complexity index is 902. The van der Waals surface area contributed by atoms with E-state index >= 15 is 0 Å². The fourth-order valence-electron chi connectivity index (χ4n) is 2.83. The SMILES string of the molecule is CCNC(=NCCc1nnc2ccccn12)N(C)Cc1cc(Br)cn1C.I. The first-order chi connectivity index (χ1) is 12.6. The minimum atomic E-state index is 0. The molecule has 3 aromatic heterocycles. The minimum Gasteiger partial charge on any atom is -0.357 e. The Labute approximate surface area is 185 Å². The molecular weight excluding hydrogens is 521 g/mol. The Morgan fingerprint density at radius 1 is 1.33 bits per heavy atom. The van der Waals surface area contributed by atoms with Crippen LogP contribution in [0.3, 0.4) is 0 Å². The van der Waals surface area contributed by atoms with Crippen molar-refractivity contribution in [1.29, 1.82) is 0 Å². The van der Waals surface area contributed by atoms with Gasteiger partial charge in [0.2, 0.25) is 0 Å². The lowest BCUT2D eigenvalue weighted by molar-refractivity contribution is 0.462. The first-order valence-corrected chi connectivity index (χ1v) is 9.46. The first kappa shape index (κ1) is 21.7. The van der Waals surface area contributed by atoms with Gasteiger partial charge in [0.25, 0.3) is 0 Å². The van der Waals surface area contributed by atoms with E-state index in [2.05, 4.69) is 74.2 Å². The second-order valence-corrected chi connectivity index (χ2v) is 7.06. The number of aliphatic imine (C=N–C) groups is 1. The van der Waals surface area contributed by atoms with Gasteiger partial charge in [-0.15, -0.1) is 34.2 Å². The van der Waals surface area contributed by atoms with Crippen molar-refractivity contribution < 1.29 is 0 Å². The van der Waals surface area contributed by atoms with Crippen molar-refractivity contribution in [2.45, 2.75) is 19.9 Å². The zero-order valence-corrected chi connectivity index (χ0v) is 19.7. The monoisotopic (exact) mass is 545 g/mol. The molecule has 0 saturated heterocycles. The summed E-state index contributed by atoms with van der Waals surface area (Å²) in [4.78, 5) is 6.89. The van der Waals surface area contributed by atoms with E-state index in [0.717, 1.165) is 41.4 Å². The van der Waals surface area contributed by atoms with E-state index in [9.17, 15) is 0 Å². The summed E-state index contributed by atoms with van der Waals surface area (Å²) in [6.45, 7) is 4.34. The average molecular weight is 546 g/mol. The zero-order valence-electron chi connectivity index (χ0n) is 15.8. The molecule has 0 radical (unpaired) electrons. The molecule has 0 fully saturated rings. The summed E-state index contributed by atoms with van der Waals surface area (Å²) >= 11 is 3.52. The van der Waals surface area contributed by atoms with Gasteiger partial charge in [-0.25, -0.2) is 0 Å². The molecule has 7 nitrogen and oxygen atoms in total. The number of aromatic nitrogens is 4.